The molecule has 34 heavy (non-hydrogen) atoms. The Morgan fingerprint density at radius 1 is 1.03 bits per heavy atom. The zero-order chi connectivity index (χ0) is 24.5. The monoisotopic (exact) mass is 468 g/mol. The van der Waals surface area contributed by atoms with Crippen LogP contribution >= 0.6 is 0 Å². The van der Waals surface area contributed by atoms with Crippen molar-refractivity contribution < 1.29 is 19.1 Å². The first-order valence-electron chi connectivity index (χ1n) is 11.0. The van der Waals surface area contributed by atoms with Crippen molar-refractivity contribution in [1.29, 1.82) is 0 Å². The van der Waals surface area contributed by atoms with Gasteiger partial charge in [-0.3, -0.25) is 9.69 Å². The Morgan fingerprint density at radius 2 is 1.71 bits per heavy atom. The lowest BCUT2D eigenvalue weighted by Gasteiger charge is -2.28. The van der Waals surface area contributed by atoms with Crippen molar-refractivity contribution in [2.24, 2.45) is 5.73 Å². The summed E-state index contributed by atoms with van der Waals surface area (Å²) in [5, 5.41) is 6.55. The maximum Gasteiger partial charge on any atom is 0.337 e. The highest BCUT2D eigenvalue weighted by Crippen LogP contribution is 2.27. The van der Waals surface area contributed by atoms with Gasteiger partial charge in [-0.2, -0.15) is 0 Å². The lowest BCUT2D eigenvalue weighted by Crippen LogP contribution is -2.36. The number of anilines is 4. The van der Waals surface area contributed by atoms with Gasteiger partial charge in [0.05, 0.1) is 48.6 Å². The number of hydrogen-bond donors (Lipinski definition) is 5. The van der Waals surface area contributed by atoms with Crippen LogP contribution < -0.4 is 27.8 Å². The Kier molecular flexibility index (Phi) is 8.72. The number of ether oxygens (including phenoxy) is 2. The van der Waals surface area contributed by atoms with Crippen LogP contribution in [0.1, 0.15) is 26.3 Å². The molecule has 0 spiro atoms. The van der Waals surface area contributed by atoms with E-state index in [0.29, 0.717) is 55.3 Å². The van der Waals surface area contributed by atoms with E-state index in [0.717, 1.165) is 30.0 Å². The summed E-state index contributed by atoms with van der Waals surface area (Å²) < 4.78 is 10.1. The van der Waals surface area contributed by atoms with Crippen molar-refractivity contribution in [2.45, 2.75) is 6.54 Å². The van der Waals surface area contributed by atoms with Crippen LogP contribution in [-0.4, -0.2) is 63.3 Å². The van der Waals surface area contributed by atoms with Crippen LogP contribution in [0.25, 0.3) is 0 Å². The molecule has 3 rings (SSSR count). The molecule has 1 heterocycles. The number of nitrogens with two attached hydrogens (primary N) is 3. The van der Waals surface area contributed by atoms with Gasteiger partial charge in [0.1, 0.15) is 0 Å². The second-order valence-corrected chi connectivity index (χ2v) is 7.88. The number of primary amides is 1. The average Bonchev–Trinajstić information content (AvgIpc) is 2.83. The Hall–Kier alpha value is -3.76. The zero-order valence-corrected chi connectivity index (χ0v) is 19.3. The SMILES string of the molecule is COC(=O)c1ccc(NC/C=C/CNc2c(N)cc(C(N)=O)cc2CN2CCOCC2)c(N)c1. The first kappa shape index (κ1) is 24.9. The summed E-state index contributed by atoms with van der Waals surface area (Å²) in [6.45, 7) is 4.71. The van der Waals surface area contributed by atoms with Gasteiger partial charge in [-0.25, -0.2) is 4.79 Å². The summed E-state index contributed by atoms with van der Waals surface area (Å²) in [5.41, 5.74) is 21.9. The van der Waals surface area contributed by atoms with Gasteiger partial charge in [0, 0.05) is 38.3 Å². The number of benzene rings is 2. The largest absolute Gasteiger partial charge is 0.465 e. The molecule has 2 aromatic rings. The molecule has 0 atom stereocenters. The molecule has 10 heteroatoms. The van der Waals surface area contributed by atoms with E-state index in [2.05, 4.69) is 15.5 Å². The molecule has 182 valence electrons. The van der Waals surface area contributed by atoms with E-state index in [4.69, 9.17) is 26.7 Å². The number of carbonyl (C=O) groups is 2. The minimum absolute atomic E-state index is 0.391. The van der Waals surface area contributed by atoms with Crippen molar-refractivity contribution in [3.05, 3.63) is 59.2 Å². The number of nitrogens with one attached hydrogen (secondary N) is 2. The van der Waals surface area contributed by atoms with Gasteiger partial charge in [-0.15, -0.1) is 0 Å². The van der Waals surface area contributed by atoms with Gasteiger partial charge in [-0.1, -0.05) is 12.2 Å². The third kappa shape index (κ3) is 6.63. The third-order valence-electron chi connectivity index (χ3n) is 5.48. The molecule has 1 aliphatic heterocycles. The Bertz CT molecular complexity index is 1050. The first-order valence-corrected chi connectivity index (χ1v) is 11.0. The number of rotatable bonds is 10. The fourth-order valence-corrected chi connectivity index (χ4v) is 3.67. The van der Waals surface area contributed by atoms with Crippen LogP contribution in [0.15, 0.2) is 42.5 Å². The quantitative estimate of drug-likeness (QED) is 0.199. The van der Waals surface area contributed by atoms with Gasteiger partial charge in [0.25, 0.3) is 0 Å². The van der Waals surface area contributed by atoms with E-state index < -0.39 is 11.9 Å². The maximum absolute atomic E-state index is 11.7. The molecule has 1 saturated heterocycles. The highest BCUT2D eigenvalue weighted by atomic mass is 16.5. The number of morpholine rings is 1. The fraction of sp³-hybridized carbons (Fsp3) is 0.333. The highest BCUT2D eigenvalue weighted by molar-refractivity contribution is 5.95. The molecule has 1 fully saturated rings. The number of esters is 1. The zero-order valence-electron chi connectivity index (χ0n) is 19.3. The Labute approximate surface area is 199 Å². The fourth-order valence-electron chi connectivity index (χ4n) is 3.67. The lowest BCUT2D eigenvalue weighted by molar-refractivity contribution is 0.0342. The van der Waals surface area contributed by atoms with Crippen molar-refractivity contribution in [3.8, 4) is 0 Å². The molecule has 0 unspecified atom stereocenters. The van der Waals surface area contributed by atoms with Gasteiger partial charge in [0.15, 0.2) is 0 Å². The number of nitrogen functional groups attached to an aromatic ring is 2. The lowest BCUT2D eigenvalue weighted by atomic mass is 10.0. The summed E-state index contributed by atoms with van der Waals surface area (Å²) in [5.74, 6) is -0.938. The molecule has 0 aromatic heterocycles. The van der Waals surface area contributed by atoms with Crippen molar-refractivity contribution in [3.63, 3.8) is 0 Å². The van der Waals surface area contributed by atoms with Gasteiger partial charge in [0.2, 0.25) is 5.91 Å². The van der Waals surface area contributed by atoms with E-state index in [1.54, 1.807) is 30.3 Å². The average molecular weight is 469 g/mol. The second-order valence-electron chi connectivity index (χ2n) is 7.88. The normalized spacial score (nSPS) is 14.1. The predicted octanol–water partition coefficient (Wildman–Crippen LogP) is 1.65. The minimum Gasteiger partial charge on any atom is -0.465 e. The second kappa shape index (κ2) is 11.9. The topological polar surface area (TPSA) is 158 Å². The van der Waals surface area contributed by atoms with Crippen molar-refractivity contribution >= 4 is 34.6 Å². The van der Waals surface area contributed by atoms with Crippen molar-refractivity contribution in [2.75, 3.05) is 68.6 Å². The van der Waals surface area contributed by atoms with Crippen LogP contribution in [0.5, 0.6) is 0 Å². The van der Waals surface area contributed by atoms with Gasteiger partial charge < -0.3 is 37.3 Å². The van der Waals surface area contributed by atoms with Crippen LogP contribution in [0, 0.1) is 0 Å². The molecule has 8 N–H and O–H groups in total. The van der Waals surface area contributed by atoms with E-state index in [9.17, 15) is 9.59 Å². The summed E-state index contributed by atoms with van der Waals surface area (Å²) in [7, 11) is 1.33. The third-order valence-corrected chi connectivity index (χ3v) is 5.48. The van der Waals surface area contributed by atoms with Crippen molar-refractivity contribution in [1.82, 2.24) is 4.90 Å². The predicted molar refractivity (Wildman–Crippen MR) is 134 cm³/mol. The van der Waals surface area contributed by atoms with Gasteiger partial charge in [-0.05, 0) is 35.9 Å². The van der Waals surface area contributed by atoms with Crippen LogP contribution in [0.2, 0.25) is 0 Å². The van der Waals surface area contributed by atoms with E-state index in [-0.39, 0.29) is 0 Å². The smallest absolute Gasteiger partial charge is 0.337 e. The highest BCUT2D eigenvalue weighted by Gasteiger charge is 2.16. The molecule has 0 aliphatic carbocycles. The number of amides is 1. The number of methoxy groups -OCH3 is 1. The number of carbonyl (C=O) groups excluding carboxylic acids is 2. The first-order chi connectivity index (χ1) is 16.4. The van der Waals surface area contributed by atoms with Crippen LogP contribution in [-0.2, 0) is 16.0 Å². The van der Waals surface area contributed by atoms with Crippen LogP contribution in [0.3, 0.4) is 0 Å². The molecule has 10 nitrogen and oxygen atoms in total. The maximum atomic E-state index is 11.7. The summed E-state index contributed by atoms with van der Waals surface area (Å²) in [6, 6.07) is 8.37. The standard InChI is InChI=1S/C24H32N6O4/c1-33-24(32)16-4-5-21(19(25)13-16)28-6-2-3-7-29-22-18(15-30-8-10-34-11-9-30)12-17(23(27)31)14-20(22)26/h2-5,12-14,28-29H,6-11,15,25-26H2,1H3,(H2,27,31)/b3-2+. The van der Waals surface area contributed by atoms with E-state index in [1.165, 1.54) is 7.11 Å². The summed E-state index contributed by atoms with van der Waals surface area (Å²) in [6.07, 6.45) is 3.92. The molecule has 0 radical (unpaired) electrons. The molecule has 2 aromatic carbocycles. The summed E-state index contributed by atoms with van der Waals surface area (Å²) >= 11 is 0. The number of hydrogen-bond acceptors (Lipinski definition) is 9. The number of nitrogens with zero attached hydrogens (tertiary/aromatic N) is 1. The molecular weight excluding hydrogens is 436 g/mol. The van der Waals surface area contributed by atoms with E-state index in [1.807, 2.05) is 12.2 Å². The minimum atomic E-state index is -0.508. The molecule has 1 aliphatic rings. The molecular formula is C24H32N6O4. The summed E-state index contributed by atoms with van der Waals surface area (Å²) in [4.78, 5) is 25.5. The molecule has 0 bridgehead atoms. The Morgan fingerprint density at radius 3 is 2.35 bits per heavy atom. The van der Waals surface area contributed by atoms with Gasteiger partial charge >= 0.3 is 5.97 Å². The Balaban J connectivity index is 1.59. The molecule has 0 saturated carbocycles. The van der Waals surface area contributed by atoms with E-state index >= 15 is 0 Å². The molecule has 1 amide bonds. The van der Waals surface area contributed by atoms with Crippen LogP contribution in [0.4, 0.5) is 22.7 Å².